The van der Waals surface area contributed by atoms with E-state index in [0.717, 1.165) is 10.4 Å². The molecule has 2 heterocycles. The van der Waals surface area contributed by atoms with Crippen LogP contribution in [-0.2, 0) is 6.42 Å². The smallest absolute Gasteiger partial charge is 0.262 e. The number of amides is 1. The number of carbonyl (C=O) groups excluding carboxylic acids is 1. The Morgan fingerprint density at radius 3 is 2.85 bits per heavy atom. The van der Waals surface area contributed by atoms with Crippen molar-refractivity contribution in [2.45, 2.75) is 33.1 Å². The summed E-state index contributed by atoms with van der Waals surface area (Å²) >= 11 is 13.6. The SMILES string of the molecule is Cc1noc(C(C)C)c1C(=O)Nc1ncc(Cc2cc(Cl)ccc2Cl)s1. The number of benzene rings is 1. The van der Waals surface area contributed by atoms with Crippen molar-refractivity contribution < 1.29 is 9.32 Å². The number of thiazole rings is 1. The average molecular weight is 410 g/mol. The van der Waals surface area contributed by atoms with Crippen molar-refractivity contribution in [1.82, 2.24) is 10.1 Å². The van der Waals surface area contributed by atoms with Crippen LogP contribution in [-0.4, -0.2) is 16.0 Å². The van der Waals surface area contributed by atoms with Gasteiger partial charge in [0.2, 0.25) is 0 Å². The first kappa shape index (κ1) is 18.9. The third-order valence-corrected chi connectivity index (χ3v) is 5.30. The van der Waals surface area contributed by atoms with Crippen LogP contribution in [0.5, 0.6) is 0 Å². The molecule has 0 aliphatic rings. The summed E-state index contributed by atoms with van der Waals surface area (Å²) in [4.78, 5) is 17.9. The number of hydrogen-bond donors (Lipinski definition) is 1. The lowest BCUT2D eigenvalue weighted by atomic mass is 10.0. The highest BCUT2D eigenvalue weighted by Crippen LogP contribution is 2.28. The van der Waals surface area contributed by atoms with Crippen LogP contribution in [0.25, 0.3) is 0 Å². The van der Waals surface area contributed by atoms with Gasteiger partial charge in [0, 0.05) is 33.5 Å². The molecule has 3 rings (SSSR count). The first-order valence-electron chi connectivity index (χ1n) is 8.01. The Hall–Kier alpha value is -1.89. The minimum atomic E-state index is -0.269. The van der Waals surface area contributed by atoms with E-state index < -0.39 is 0 Å². The number of hydrogen-bond acceptors (Lipinski definition) is 5. The third-order valence-electron chi connectivity index (χ3n) is 3.79. The second-order valence-corrected chi connectivity index (χ2v) is 8.12. The molecule has 0 saturated heterocycles. The van der Waals surface area contributed by atoms with E-state index >= 15 is 0 Å². The van der Waals surface area contributed by atoms with Gasteiger partial charge in [-0.05, 0) is 30.7 Å². The van der Waals surface area contributed by atoms with Crippen LogP contribution < -0.4 is 5.32 Å². The normalized spacial score (nSPS) is 11.2. The molecule has 1 aromatic carbocycles. The summed E-state index contributed by atoms with van der Waals surface area (Å²) in [5.41, 5.74) is 1.95. The zero-order chi connectivity index (χ0) is 18.8. The number of nitrogens with one attached hydrogen (secondary N) is 1. The molecule has 136 valence electrons. The molecule has 8 heteroatoms. The van der Waals surface area contributed by atoms with E-state index in [9.17, 15) is 4.79 Å². The van der Waals surface area contributed by atoms with Crippen LogP contribution in [0.1, 0.15) is 52.0 Å². The van der Waals surface area contributed by atoms with Gasteiger partial charge in [0.1, 0.15) is 5.56 Å². The van der Waals surface area contributed by atoms with E-state index in [0.29, 0.717) is 38.6 Å². The number of carbonyl (C=O) groups is 1. The summed E-state index contributed by atoms with van der Waals surface area (Å²) in [5.74, 6) is 0.366. The maximum absolute atomic E-state index is 12.6. The van der Waals surface area contributed by atoms with Crippen molar-refractivity contribution in [3.63, 3.8) is 0 Å². The lowest BCUT2D eigenvalue weighted by Gasteiger charge is -2.05. The van der Waals surface area contributed by atoms with Gasteiger partial charge in [0.05, 0.1) is 5.69 Å². The molecule has 0 fully saturated rings. The third kappa shape index (κ3) is 4.09. The van der Waals surface area contributed by atoms with Gasteiger partial charge in [0.15, 0.2) is 10.9 Å². The second-order valence-electron chi connectivity index (χ2n) is 6.16. The van der Waals surface area contributed by atoms with Gasteiger partial charge in [-0.2, -0.15) is 0 Å². The van der Waals surface area contributed by atoms with Crippen molar-refractivity contribution in [2.75, 3.05) is 5.32 Å². The Kier molecular flexibility index (Phi) is 5.65. The lowest BCUT2D eigenvalue weighted by Crippen LogP contribution is -2.14. The van der Waals surface area contributed by atoms with E-state index in [4.69, 9.17) is 27.7 Å². The fourth-order valence-electron chi connectivity index (χ4n) is 2.53. The molecule has 2 aromatic heterocycles. The summed E-state index contributed by atoms with van der Waals surface area (Å²) in [6, 6.07) is 5.35. The molecule has 1 N–H and O–H groups in total. The molecule has 0 radical (unpaired) electrons. The summed E-state index contributed by atoms with van der Waals surface area (Å²) in [6.45, 7) is 5.65. The van der Waals surface area contributed by atoms with Crippen LogP contribution in [0.15, 0.2) is 28.9 Å². The van der Waals surface area contributed by atoms with Crippen LogP contribution >= 0.6 is 34.5 Å². The molecule has 0 atom stereocenters. The number of nitrogens with zero attached hydrogens (tertiary/aromatic N) is 2. The highest BCUT2D eigenvalue weighted by molar-refractivity contribution is 7.15. The average Bonchev–Trinajstić information content (AvgIpc) is 3.17. The van der Waals surface area contributed by atoms with Gasteiger partial charge in [-0.25, -0.2) is 4.98 Å². The number of rotatable bonds is 5. The summed E-state index contributed by atoms with van der Waals surface area (Å²) in [6.07, 6.45) is 2.32. The summed E-state index contributed by atoms with van der Waals surface area (Å²) in [7, 11) is 0. The minimum absolute atomic E-state index is 0.0637. The van der Waals surface area contributed by atoms with Gasteiger partial charge in [-0.1, -0.05) is 42.2 Å². The molecule has 0 aliphatic carbocycles. The largest absolute Gasteiger partial charge is 0.360 e. The number of halogens is 2. The molecule has 0 spiro atoms. The zero-order valence-corrected chi connectivity index (χ0v) is 16.8. The number of aromatic nitrogens is 2. The first-order chi connectivity index (χ1) is 12.3. The molecule has 26 heavy (non-hydrogen) atoms. The molecule has 0 aliphatic heterocycles. The fraction of sp³-hybridized carbons (Fsp3) is 0.278. The van der Waals surface area contributed by atoms with Gasteiger partial charge >= 0.3 is 0 Å². The first-order valence-corrected chi connectivity index (χ1v) is 9.58. The van der Waals surface area contributed by atoms with Crippen molar-refractivity contribution in [1.29, 1.82) is 0 Å². The topological polar surface area (TPSA) is 68.0 Å². The summed E-state index contributed by atoms with van der Waals surface area (Å²) in [5, 5.41) is 8.51. The van der Waals surface area contributed by atoms with Crippen molar-refractivity contribution >= 4 is 45.6 Å². The number of anilines is 1. The van der Waals surface area contributed by atoms with E-state index in [1.807, 2.05) is 19.9 Å². The van der Waals surface area contributed by atoms with E-state index in [1.54, 1.807) is 25.3 Å². The number of aryl methyl sites for hydroxylation is 1. The van der Waals surface area contributed by atoms with Crippen LogP contribution in [0.2, 0.25) is 10.0 Å². The molecular weight excluding hydrogens is 393 g/mol. The zero-order valence-electron chi connectivity index (χ0n) is 14.5. The monoisotopic (exact) mass is 409 g/mol. The Morgan fingerprint density at radius 2 is 2.12 bits per heavy atom. The second kappa shape index (κ2) is 7.78. The van der Waals surface area contributed by atoms with E-state index in [1.165, 1.54) is 11.3 Å². The Morgan fingerprint density at radius 1 is 1.35 bits per heavy atom. The maximum Gasteiger partial charge on any atom is 0.262 e. The predicted molar refractivity (Wildman–Crippen MR) is 105 cm³/mol. The highest BCUT2D eigenvalue weighted by Gasteiger charge is 2.23. The predicted octanol–water partition coefficient (Wildman–Crippen LogP) is 5.71. The maximum atomic E-state index is 12.6. The van der Waals surface area contributed by atoms with Crippen molar-refractivity contribution in [3.8, 4) is 0 Å². The lowest BCUT2D eigenvalue weighted by molar-refractivity contribution is 0.102. The van der Waals surface area contributed by atoms with Crippen molar-refractivity contribution in [3.05, 3.63) is 61.9 Å². The van der Waals surface area contributed by atoms with Crippen LogP contribution in [0.4, 0.5) is 5.13 Å². The highest BCUT2D eigenvalue weighted by atomic mass is 35.5. The minimum Gasteiger partial charge on any atom is -0.360 e. The molecule has 0 saturated carbocycles. The Labute approximate surface area is 165 Å². The molecule has 0 bridgehead atoms. The summed E-state index contributed by atoms with van der Waals surface area (Å²) < 4.78 is 5.27. The van der Waals surface area contributed by atoms with Gasteiger partial charge < -0.3 is 4.52 Å². The molecule has 5 nitrogen and oxygen atoms in total. The molecule has 0 unspecified atom stereocenters. The Balaban J connectivity index is 1.76. The van der Waals surface area contributed by atoms with Gasteiger partial charge in [-0.3, -0.25) is 10.1 Å². The van der Waals surface area contributed by atoms with Gasteiger partial charge in [-0.15, -0.1) is 11.3 Å². The quantitative estimate of drug-likeness (QED) is 0.585. The Bertz CT molecular complexity index is 950. The molecular formula is C18H17Cl2N3O2S. The molecule has 3 aromatic rings. The standard InChI is InChI=1S/C18H17Cl2N3O2S/c1-9(2)16-15(10(3)23-25-16)17(24)22-18-21-8-13(26-18)7-11-6-12(19)4-5-14(11)20/h4-6,8-9H,7H2,1-3H3,(H,21,22,24). The van der Waals surface area contributed by atoms with Gasteiger partial charge in [0.25, 0.3) is 5.91 Å². The van der Waals surface area contributed by atoms with E-state index in [2.05, 4.69) is 15.5 Å². The van der Waals surface area contributed by atoms with Crippen LogP contribution in [0, 0.1) is 6.92 Å². The van der Waals surface area contributed by atoms with Crippen molar-refractivity contribution in [2.24, 2.45) is 0 Å². The van der Waals surface area contributed by atoms with Crippen LogP contribution in [0.3, 0.4) is 0 Å². The van der Waals surface area contributed by atoms with E-state index in [-0.39, 0.29) is 11.8 Å². The molecule has 1 amide bonds. The fourth-order valence-corrected chi connectivity index (χ4v) is 3.74.